The van der Waals surface area contributed by atoms with Gasteiger partial charge in [-0.25, -0.2) is 33.7 Å². The van der Waals surface area contributed by atoms with Crippen LogP contribution in [0.25, 0.3) is 33.0 Å². The third kappa shape index (κ3) is 10.6. The quantitative estimate of drug-likeness (QED) is 0.115. The van der Waals surface area contributed by atoms with Gasteiger partial charge in [0, 0.05) is 69.5 Å². The normalized spacial score (nSPS) is 15.0. The van der Waals surface area contributed by atoms with Crippen LogP contribution < -0.4 is 0 Å². The Labute approximate surface area is 383 Å². The van der Waals surface area contributed by atoms with Gasteiger partial charge < -0.3 is 11.1 Å². The minimum absolute atomic E-state index is 0.160. The highest BCUT2D eigenvalue weighted by Gasteiger charge is 2.31. The predicted molar refractivity (Wildman–Crippen MR) is 256 cm³/mol. The minimum atomic E-state index is -3.35. The molecule has 0 radical (unpaired) electrons. The standard InChI is InChI=1S/2C12H10N2O2S.2C12H10O3S/c1-8-6-7-9-10(12(8)14-13)4-3-5-11(9)17(2,15)16;1-8-7-11(17(2,15)16)9-5-3-4-6-10(9)12(8)14-13;1-8-6-7-9-10(12(8)13)4-3-5-11(9)16(2,14)15;1-8-7-11(16(2,14)15)9-5-3-4-6-10(9)12(8)13/h2*3-7H,1H2,2H3;2*3-7H,1H2,2H3. The largest absolute Gasteiger partial charge is 0.361 e. The molecule has 0 N–H and O–H groups in total. The summed E-state index contributed by atoms with van der Waals surface area (Å²) in [5.74, 6) is -0.439. The number of sulfone groups is 4. The van der Waals surface area contributed by atoms with Crippen molar-refractivity contribution in [3.8, 4) is 0 Å². The molecular formula is C48H40N4O10S4. The first-order valence-electron chi connectivity index (χ1n) is 19.1. The number of hydrogen-bond donors (Lipinski definition) is 0. The lowest BCUT2D eigenvalue weighted by molar-refractivity contribution is -0.00334. The van der Waals surface area contributed by atoms with Crippen LogP contribution in [-0.2, 0) is 39.3 Å². The summed E-state index contributed by atoms with van der Waals surface area (Å²) in [6.07, 6.45) is 13.8. The summed E-state index contributed by atoms with van der Waals surface area (Å²) in [6, 6.07) is 23.1. The molecule has 0 amide bonds. The van der Waals surface area contributed by atoms with E-state index in [2.05, 4.69) is 35.9 Å². The maximum atomic E-state index is 11.8. The lowest BCUT2D eigenvalue weighted by Gasteiger charge is -2.16. The van der Waals surface area contributed by atoms with Crippen molar-refractivity contribution in [2.24, 2.45) is 0 Å². The van der Waals surface area contributed by atoms with Crippen molar-refractivity contribution in [1.29, 1.82) is 0 Å². The van der Waals surface area contributed by atoms with Gasteiger partial charge in [0.15, 0.2) is 50.9 Å². The maximum Gasteiger partial charge on any atom is 0.329 e. The lowest BCUT2D eigenvalue weighted by Crippen LogP contribution is -2.15. The Bertz CT molecular complexity index is 3580. The summed E-state index contributed by atoms with van der Waals surface area (Å²) in [6.45, 7) is 14.6. The Morgan fingerprint density at radius 3 is 1.23 bits per heavy atom. The molecule has 4 aliphatic rings. The Morgan fingerprint density at radius 1 is 0.394 bits per heavy atom. The summed E-state index contributed by atoms with van der Waals surface area (Å²) in [7, 11) is -13.3. The van der Waals surface area contributed by atoms with Gasteiger partial charge in [-0.2, -0.15) is 9.58 Å². The summed E-state index contributed by atoms with van der Waals surface area (Å²) >= 11 is 0. The fourth-order valence-corrected chi connectivity index (χ4v) is 10.6. The maximum absolute atomic E-state index is 11.8. The van der Waals surface area contributed by atoms with E-state index in [1.807, 2.05) is 0 Å². The van der Waals surface area contributed by atoms with Gasteiger partial charge in [0.1, 0.15) is 0 Å². The van der Waals surface area contributed by atoms with Crippen LogP contribution >= 0.6 is 0 Å². The second-order valence-corrected chi connectivity index (χ2v) is 22.9. The van der Waals surface area contributed by atoms with Crippen LogP contribution in [-0.4, -0.2) is 91.3 Å². The Balaban J connectivity index is 0.000000165. The highest BCUT2D eigenvalue weighted by molar-refractivity contribution is 8.00. The average Bonchev–Trinajstić information content (AvgIpc) is 3.25. The van der Waals surface area contributed by atoms with E-state index in [9.17, 15) is 43.3 Å². The van der Waals surface area contributed by atoms with Crippen LogP contribution in [0, 0.1) is 0 Å². The SMILES string of the molecule is C=C1C=C(S(C)(=O)=O)c2ccccc2C1=O.C=C1C=C(S(C)(=O)=O)c2ccccc2C1=[N+]=[N-].C=C1C=Cc2c(cccc2S(C)(=O)=O)C1=O.C=C1C=Cc2c(cccc2S(C)(=O)=O)C1=[N+]=[N-]. The molecule has 4 aromatic rings. The molecular weight excluding hydrogens is 921 g/mol. The molecule has 4 aromatic carbocycles. The molecule has 0 aromatic heterocycles. The summed E-state index contributed by atoms with van der Waals surface area (Å²) in [5.41, 5.74) is 23.9. The molecule has 0 unspecified atom stereocenters. The smallest absolute Gasteiger partial charge is 0.329 e. The second kappa shape index (κ2) is 19.0. The highest BCUT2D eigenvalue weighted by atomic mass is 32.2. The summed E-state index contributed by atoms with van der Waals surface area (Å²) in [5, 5.41) is 0. The number of carbonyl (C=O) groups is 2. The van der Waals surface area contributed by atoms with E-state index in [1.165, 1.54) is 24.3 Å². The van der Waals surface area contributed by atoms with E-state index in [4.69, 9.17) is 11.1 Å². The average molecular weight is 961 g/mol. The number of nitrogens with zero attached hydrogens (tertiary/aromatic N) is 4. The van der Waals surface area contributed by atoms with E-state index in [-0.39, 0.29) is 36.7 Å². The molecule has 0 fully saturated rings. The number of Topliss-reactive ketones (excluding diaryl/α,β-unsaturated/α-hetero) is 2. The van der Waals surface area contributed by atoms with Gasteiger partial charge in [0.25, 0.3) is 0 Å². The molecule has 8 rings (SSSR count). The van der Waals surface area contributed by atoms with Gasteiger partial charge in [-0.3, -0.25) is 9.59 Å². The first-order chi connectivity index (χ1) is 30.7. The van der Waals surface area contributed by atoms with Crippen molar-refractivity contribution in [2.75, 3.05) is 25.0 Å². The zero-order valence-electron chi connectivity index (χ0n) is 35.9. The van der Waals surface area contributed by atoms with Crippen molar-refractivity contribution in [3.63, 3.8) is 0 Å². The Morgan fingerprint density at radius 2 is 0.758 bits per heavy atom. The first-order valence-corrected chi connectivity index (χ1v) is 26.6. The number of benzene rings is 4. The van der Waals surface area contributed by atoms with Gasteiger partial charge in [0.05, 0.1) is 41.9 Å². The van der Waals surface area contributed by atoms with Crippen molar-refractivity contribution < 1.29 is 52.8 Å². The van der Waals surface area contributed by atoms with Crippen LogP contribution in [0.2, 0.25) is 0 Å². The molecule has 0 aliphatic heterocycles. The predicted octanol–water partition coefficient (Wildman–Crippen LogP) is 7.03. The summed E-state index contributed by atoms with van der Waals surface area (Å²) in [4.78, 5) is 30.6. The molecule has 14 nitrogen and oxygen atoms in total. The van der Waals surface area contributed by atoms with Crippen molar-refractivity contribution in [1.82, 2.24) is 0 Å². The van der Waals surface area contributed by atoms with Gasteiger partial charge in [-0.05, 0) is 42.5 Å². The van der Waals surface area contributed by atoms with E-state index in [1.54, 1.807) is 97.1 Å². The molecule has 18 heteroatoms. The Hall–Kier alpha value is -7.30. The lowest BCUT2D eigenvalue weighted by atomic mass is 9.92. The fourth-order valence-electron chi connectivity index (χ4n) is 6.95. The van der Waals surface area contributed by atoms with Crippen LogP contribution in [0.5, 0.6) is 0 Å². The first kappa shape index (κ1) is 49.7. The van der Waals surface area contributed by atoms with Crippen molar-refractivity contribution >= 4 is 84.3 Å². The van der Waals surface area contributed by atoms with E-state index >= 15 is 0 Å². The van der Waals surface area contributed by atoms with Crippen LogP contribution in [0.15, 0.2) is 168 Å². The molecule has 0 bridgehead atoms. The van der Waals surface area contributed by atoms with Crippen molar-refractivity contribution in [3.05, 3.63) is 213 Å². The number of ketones is 2. The molecule has 0 saturated carbocycles. The molecule has 336 valence electrons. The molecule has 0 spiro atoms. The molecule has 0 saturated heterocycles. The third-order valence-corrected chi connectivity index (χ3v) is 14.6. The highest BCUT2D eigenvalue weighted by Crippen LogP contribution is 2.33. The molecule has 66 heavy (non-hydrogen) atoms. The minimum Gasteiger partial charge on any atom is -0.361 e. The number of hydrogen-bond acceptors (Lipinski definition) is 10. The summed E-state index contributed by atoms with van der Waals surface area (Å²) < 4.78 is 92.8. The topological polar surface area (TPSA) is 243 Å². The van der Waals surface area contributed by atoms with Gasteiger partial charge in [0.2, 0.25) is 0 Å². The third-order valence-electron chi connectivity index (χ3n) is 10.0. The number of fused-ring (bicyclic) bond motifs is 4. The fraction of sp³-hybridized carbons (Fsp3) is 0.0833. The Kier molecular flexibility index (Phi) is 14.3. The van der Waals surface area contributed by atoms with Crippen LogP contribution in [0.4, 0.5) is 0 Å². The van der Waals surface area contributed by atoms with Crippen LogP contribution in [0.1, 0.15) is 54.1 Å². The van der Waals surface area contributed by atoms with Gasteiger partial charge in [-0.15, -0.1) is 0 Å². The van der Waals surface area contributed by atoms with E-state index < -0.39 is 39.3 Å². The van der Waals surface area contributed by atoms with Crippen molar-refractivity contribution in [2.45, 2.75) is 9.79 Å². The van der Waals surface area contributed by atoms with Gasteiger partial charge in [-0.1, -0.05) is 105 Å². The van der Waals surface area contributed by atoms with Gasteiger partial charge >= 0.3 is 11.4 Å². The monoisotopic (exact) mass is 960 g/mol. The van der Waals surface area contributed by atoms with E-state index in [0.29, 0.717) is 72.7 Å². The number of carbonyl (C=O) groups excluding carboxylic acids is 2. The zero-order chi connectivity index (χ0) is 49.1. The zero-order valence-corrected chi connectivity index (χ0v) is 39.1. The molecule has 0 atom stereocenters. The second-order valence-electron chi connectivity index (χ2n) is 15.0. The molecule has 4 aliphatic carbocycles. The number of allylic oxidation sites excluding steroid dienone is 8. The van der Waals surface area contributed by atoms with E-state index in [0.717, 1.165) is 25.0 Å². The molecule has 0 heterocycles. The van der Waals surface area contributed by atoms with Crippen LogP contribution in [0.3, 0.4) is 0 Å². The number of rotatable bonds is 4.